The minimum atomic E-state index is -4.38. The summed E-state index contributed by atoms with van der Waals surface area (Å²) in [5, 5.41) is 14.1. The lowest BCUT2D eigenvalue weighted by Crippen LogP contribution is -2.38. The number of hydrogen-bond acceptors (Lipinski definition) is 4. The van der Waals surface area contributed by atoms with E-state index >= 15 is 0 Å². The molecule has 0 aliphatic carbocycles. The highest BCUT2D eigenvalue weighted by Crippen LogP contribution is 2.22. The average molecular weight is 384 g/mol. The van der Waals surface area contributed by atoms with Gasteiger partial charge in [0.05, 0.1) is 0 Å². The molecular formula is C17H23F3N6O. The number of alkyl halides is 3. The number of benzene rings is 1. The molecule has 0 amide bonds. The monoisotopic (exact) mass is 384 g/mol. The van der Waals surface area contributed by atoms with Gasteiger partial charge in [-0.1, -0.05) is 25.1 Å². The summed E-state index contributed by atoms with van der Waals surface area (Å²) in [6.07, 6.45) is -1.91. The molecule has 148 valence electrons. The number of nitrogens with zero attached hydrogens (tertiary/aromatic N) is 4. The zero-order valence-corrected chi connectivity index (χ0v) is 15.3. The fraction of sp³-hybridized carbons (Fsp3) is 0.471. The summed E-state index contributed by atoms with van der Waals surface area (Å²) >= 11 is 0. The molecule has 1 aromatic carbocycles. The summed E-state index contributed by atoms with van der Waals surface area (Å²) in [4.78, 5) is 4.11. The van der Waals surface area contributed by atoms with Crippen molar-refractivity contribution in [1.82, 2.24) is 25.4 Å². The van der Waals surface area contributed by atoms with Crippen molar-refractivity contribution in [1.29, 1.82) is 0 Å². The average Bonchev–Trinajstić information content (AvgIpc) is 3.10. The van der Waals surface area contributed by atoms with E-state index in [9.17, 15) is 13.2 Å². The van der Waals surface area contributed by atoms with Crippen molar-refractivity contribution in [3.8, 4) is 5.75 Å². The Morgan fingerprint density at radius 2 is 2.04 bits per heavy atom. The topological polar surface area (TPSA) is 76.4 Å². The largest absolute Gasteiger partial charge is 0.484 e. The second-order valence-electron chi connectivity index (χ2n) is 5.66. The third-order valence-corrected chi connectivity index (χ3v) is 3.69. The van der Waals surface area contributed by atoms with Gasteiger partial charge in [-0.15, -0.1) is 10.2 Å². The van der Waals surface area contributed by atoms with Gasteiger partial charge in [0.15, 0.2) is 12.6 Å². The molecule has 2 aromatic rings. The van der Waals surface area contributed by atoms with E-state index in [1.54, 1.807) is 31.6 Å². The predicted molar refractivity (Wildman–Crippen MR) is 95.6 cm³/mol. The van der Waals surface area contributed by atoms with Crippen LogP contribution < -0.4 is 15.4 Å². The summed E-state index contributed by atoms with van der Waals surface area (Å²) in [5.74, 6) is 1.62. The third-order valence-electron chi connectivity index (χ3n) is 3.69. The molecule has 0 aliphatic heterocycles. The molecule has 2 rings (SSSR count). The van der Waals surface area contributed by atoms with Crippen LogP contribution in [-0.4, -0.2) is 47.1 Å². The second-order valence-corrected chi connectivity index (χ2v) is 5.66. The first-order valence-electron chi connectivity index (χ1n) is 8.51. The van der Waals surface area contributed by atoms with E-state index in [-0.39, 0.29) is 12.3 Å². The number of guanidine groups is 1. The number of aromatic nitrogens is 3. The van der Waals surface area contributed by atoms with Gasteiger partial charge < -0.3 is 19.9 Å². The van der Waals surface area contributed by atoms with Crippen molar-refractivity contribution in [2.75, 3.05) is 20.2 Å². The Labute approximate surface area is 155 Å². The molecule has 7 nitrogen and oxygen atoms in total. The number of ether oxygens (including phenoxy) is 1. The quantitative estimate of drug-likeness (QED) is 0.539. The number of nitrogens with one attached hydrogen (secondary N) is 2. The molecule has 0 saturated heterocycles. The lowest BCUT2D eigenvalue weighted by molar-refractivity contribution is -0.153. The van der Waals surface area contributed by atoms with E-state index in [0.29, 0.717) is 24.6 Å². The van der Waals surface area contributed by atoms with Crippen LogP contribution in [0.25, 0.3) is 0 Å². The number of aryl methyl sites for hydroxylation is 1. The first-order chi connectivity index (χ1) is 12.9. The molecule has 0 radical (unpaired) electrons. The van der Waals surface area contributed by atoms with Gasteiger partial charge >= 0.3 is 6.18 Å². The molecule has 1 heterocycles. The summed E-state index contributed by atoms with van der Waals surface area (Å²) in [5.41, 5.74) is 0.608. The molecular weight excluding hydrogens is 361 g/mol. The molecule has 27 heavy (non-hydrogen) atoms. The fourth-order valence-electron chi connectivity index (χ4n) is 2.38. The van der Waals surface area contributed by atoms with Crippen molar-refractivity contribution in [3.05, 3.63) is 42.0 Å². The highest BCUT2D eigenvalue weighted by Gasteiger charge is 2.28. The van der Waals surface area contributed by atoms with E-state index in [1.165, 1.54) is 6.07 Å². The molecule has 0 spiro atoms. The van der Waals surface area contributed by atoms with Crippen LogP contribution in [-0.2, 0) is 19.5 Å². The van der Waals surface area contributed by atoms with Crippen LogP contribution in [0.2, 0.25) is 0 Å². The number of halogens is 3. The molecule has 0 unspecified atom stereocenters. The smallest absolute Gasteiger partial charge is 0.422 e. The first-order valence-corrected chi connectivity index (χ1v) is 8.51. The van der Waals surface area contributed by atoms with Gasteiger partial charge in [0, 0.05) is 38.7 Å². The lowest BCUT2D eigenvalue weighted by Gasteiger charge is -2.16. The van der Waals surface area contributed by atoms with E-state index in [2.05, 4.69) is 25.8 Å². The first kappa shape index (κ1) is 20.5. The van der Waals surface area contributed by atoms with Crippen LogP contribution in [0, 0.1) is 0 Å². The lowest BCUT2D eigenvalue weighted by atomic mass is 10.2. The Morgan fingerprint density at radius 1 is 1.26 bits per heavy atom. The van der Waals surface area contributed by atoms with Crippen molar-refractivity contribution in [2.45, 2.75) is 32.6 Å². The number of aliphatic imine (C=N–C) groups is 1. The van der Waals surface area contributed by atoms with E-state index in [4.69, 9.17) is 4.74 Å². The van der Waals surface area contributed by atoms with E-state index in [0.717, 1.165) is 12.2 Å². The molecule has 0 atom stereocenters. The molecule has 1 aromatic heterocycles. The van der Waals surface area contributed by atoms with Gasteiger partial charge in [0.2, 0.25) is 0 Å². The van der Waals surface area contributed by atoms with Crippen LogP contribution in [0.5, 0.6) is 5.75 Å². The normalized spacial score (nSPS) is 12.1. The van der Waals surface area contributed by atoms with Crippen molar-refractivity contribution >= 4 is 5.96 Å². The van der Waals surface area contributed by atoms with Gasteiger partial charge in [-0.3, -0.25) is 4.99 Å². The number of rotatable bonds is 8. The van der Waals surface area contributed by atoms with Gasteiger partial charge in [0.1, 0.15) is 17.9 Å². The van der Waals surface area contributed by atoms with Crippen LogP contribution in [0.15, 0.2) is 35.6 Å². The minimum absolute atomic E-state index is 0.190. The zero-order chi connectivity index (χ0) is 19.7. The maximum absolute atomic E-state index is 12.4. The van der Waals surface area contributed by atoms with Crippen LogP contribution in [0.1, 0.15) is 18.3 Å². The van der Waals surface area contributed by atoms with Crippen LogP contribution in [0.4, 0.5) is 13.2 Å². The van der Waals surface area contributed by atoms with Crippen molar-refractivity contribution < 1.29 is 17.9 Å². The standard InChI is InChI=1S/C17H23F3N6O/c1-3-15-25-24-12-26(15)9-8-22-16(21-2)23-10-13-6-4-5-7-14(13)27-11-17(18,19)20/h4-7,12H,3,8-11H2,1-2H3,(H2,21,22,23). The molecule has 2 N–H and O–H groups in total. The van der Waals surface area contributed by atoms with E-state index in [1.807, 2.05) is 11.5 Å². The maximum atomic E-state index is 12.4. The number of para-hydroxylation sites is 1. The third kappa shape index (κ3) is 6.80. The minimum Gasteiger partial charge on any atom is -0.484 e. The van der Waals surface area contributed by atoms with Crippen LogP contribution >= 0.6 is 0 Å². The molecule has 0 fully saturated rings. The Morgan fingerprint density at radius 3 is 2.74 bits per heavy atom. The van der Waals surface area contributed by atoms with Gasteiger partial charge in [0.25, 0.3) is 0 Å². The molecule has 0 bridgehead atoms. The van der Waals surface area contributed by atoms with Crippen molar-refractivity contribution in [3.63, 3.8) is 0 Å². The van der Waals surface area contributed by atoms with Crippen molar-refractivity contribution in [2.24, 2.45) is 4.99 Å². The summed E-state index contributed by atoms with van der Waals surface area (Å²) in [6, 6.07) is 6.59. The SMILES string of the molecule is CCc1nncn1CCNC(=NC)NCc1ccccc1OCC(F)(F)F. The van der Waals surface area contributed by atoms with Crippen LogP contribution in [0.3, 0.4) is 0 Å². The summed E-state index contributed by atoms with van der Waals surface area (Å²) in [7, 11) is 1.62. The van der Waals surface area contributed by atoms with E-state index < -0.39 is 12.8 Å². The summed E-state index contributed by atoms with van der Waals surface area (Å²) < 4.78 is 43.9. The molecule has 0 aliphatic rings. The van der Waals surface area contributed by atoms with Gasteiger partial charge in [-0.05, 0) is 6.07 Å². The van der Waals surface area contributed by atoms with Gasteiger partial charge in [-0.2, -0.15) is 13.2 Å². The number of hydrogen-bond donors (Lipinski definition) is 2. The predicted octanol–water partition coefficient (Wildman–Crippen LogP) is 2.15. The Kier molecular flexibility index (Phi) is 7.44. The zero-order valence-electron chi connectivity index (χ0n) is 15.3. The Balaban J connectivity index is 1.85. The molecule has 0 saturated carbocycles. The highest BCUT2D eigenvalue weighted by atomic mass is 19.4. The Bertz CT molecular complexity index is 744. The Hall–Kier alpha value is -2.78. The molecule has 10 heteroatoms. The fourth-order valence-corrected chi connectivity index (χ4v) is 2.38. The maximum Gasteiger partial charge on any atom is 0.422 e. The highest BCUT2D eigenvalue weighted by molar-refractivity contribution is 5.79. The van der Waals surface area contributed by atoms with Gasteiger partial charge in [-0.25, -0.2) is 0 Å². The summed E-state index contributed by atoms with van der Waals surface area (Å²) in [6.45, 7) is 2.22. The second kappa shape index (κ2) is 9.79.